The summed E-state index contributed by atoms with van der Waals surface area (Å²) in [6.07, 6.45) is 0.126. The van der Waals surface area contributed by atoms with Crippen LogP contribution >= 0.6 is 11.8 Å². The number of anilines is 1. The Hall–Kier alpha value is -5.09. The molecule has 1 aliphatic rings. The van der Waals surface area contributed by atoms with Crippen LogP contribution in [0.2, 0.25) is 0 Å². The van der Waals surface area contributed by atoms with E-state index < -0.39 is 5.25 Å². The molecule has 2 atom stereocenters. The van der Waals surface area contributed by atoms with E-state index in [0.717, 1.165) is 28.4 Å². The molecule has 5 aromatic rings. The van der Waals surface area contributed by atoms with Crippen molar-refractivity contribution in [3.8, 4) is 17.2 Å². The molecule has 3 amide bonds. The number of carbonyl (C=O) groups is 3. The number of imidazole rings is 1. The summed E-state index contributed by atoms with van der Waals surface area (Å²) in [5, 5.41) is 4.48. The van der Waals surface area contributed by atoms with Crippen LogP contribution in [0.5, 0.6) is 17.2 Å². The number of carbonyl (C=O) groups excluding carboxylic acids is 3. The summed E-state index contributed by atoms with van der Waals surface area (Å²) < 4.78 is 12.1. The van der Waals surface area contributed by atoms with Crippen LogP contribution in [0.4, 0.5) is 10.5 Å². The molecule has 1 aromatic heterocycles. The fourth-order valence-electron chi connectivity index (χ4n) is 4.51. The fraction of sp³-hybridized carbons (Fsp3) is 0.125. The van der Waals surface area contributed by atoms with Crippen molar-refractivity contribution in [3.63, 3.8) is 0 Å². The van der Waals surface area contributed by atoms with Gasteiger partial charge in [-0.3, -0.25) is 19.7 Å². The zero-order valence-corrected chi connectivity index (χ0v) is 23.3. The first kappa shape index (κ1) is 27.1. The first-order valence-corrected chi connectivity index (χ1v) is 14.2. The van der Waals surface area contributed by atoms with Gasteiger partial charge >= 0.3 is 0 Å². The van der Waals surface area contributed by atoms with E-state index in [1.807, 2.05) is 67.6 Å². The van der Waals surface area contributed by atoms with Crippen molar-refractivity contribution in [2.24, 2.45) is 0 Å². The van der Waals surface area contributed by atoms with Crippen LogP contribution in [-0.2, 0) is 11.2 Å². The maximum absolute atomic E-state index is 12.4. The van der Waals surface area contributed by atoms with Gasteiger partial charge in [0.1, 0.15) is 23.1 Å². The molecular formula is C32H26N4O5S. The third kappa shape index (κ3) is 6.29. The summed E-state index contributed by atoms with van der Waals surface area (Å²) in [6, 6.07) is 29.3. The molecule has 9 nitrogen and oxygen atoms in total. The zero-order valence-electron chi connectivity index (χ0n) is 22.5. The monoisotopic (exact) mass is 578 g/mol. The Morgan fingerprint density at radius 3 is 2.36 bits per heavy atom. The van der Waals surface area contributed by atoms with E-state index in [1.54, 1.807) is 36.4 Å². The predicted molar refractivity (Wildman–Crippen MR) is 161 cm³/mol. The second-order valence-electron chi connectivity index (χ2n) is 9.74. The maximum Gasteiger partial charge on any atom is 0.286 e. The molecule has 2 heterocycles. The molecule has 0 bridgehead atoms. The summed E-state index contributed by atoms with van der Waals surface area (Å²) in [7, 11) is 0. The molecule has 3 N–H and O–H groups in total. The first-order chi connectivity index (χ1) is 20.4. The van der Waals surface area contributed by atoms with Crippen molar-refractivity contribution in [1.29, 1.82) is 0 Å². The van der Waals surface area contributed by atoms with Crippen molar-refractivity contribution in [2.45, 2.75) is 24.7 Å². The SMILES string of the molecule is CC(Oc1ccc(CC2SC(=O)NC2=O)cc1)c1nc2ccc(Oc3ccc(NC(=O)c4ccccc4)cc3)cc2[nH]1. The lowest BCUT2D eigenvalue weighted by molar-refractivity contribution is -0.118. The molecule has 0 spiro atoms. The number of hydrogen-bond acceptors (Lipinski definition) is 7. The molecule has 1 aliphatic heterocycles. The highest BCUT2D eigenvalue weighted by Gasteiger charge is 2.31. The standard InChI is InChI=1S/C32H26N4O5S/c1-19(40-23-11-7-20(8-12-23)17-28-31(38)36-32(39)42-28)29-34-26-16-15-25(18-27(26)35-29)41-24-13-9-22(10-14-24)33-30(37)21-5-3-2-4-6-21/h2-16,18-19,28H,17H2,1H3,(H,33,37)(H,34,35)(H,36,38,39). The Kier molecular flexibility index (Phi) is 7.61. The van der Waals surface area contributed by atoms with Crippen LogP contribution in [0.15, 0.2) is 97.1 Å². The molecule has 6 rings (SSSR count). The molecule has 4 aromatic carbocycles. The fourth-order valence-corrected chi connectivity index (χ4v) is 5.37. The van der Waals surface area contributed by atoms with Crippen LogP contribution in [0.3, 0.4) is 0 Å². The van der Waals surface area contributed by atoms with Gasteiger partial charge in [0.2, 0.25) is 5.91 Å². The molecule has 42 heavy (non-hydrogen) atoms. The number of fused-ring (bicyclic) bond motifs is 1. The highest BCUT2D eigenvalue weighted by Crippen LogP contribution is 2.29. The topological polar surface area (TPSA) is 122 Å². The van der Waals surface area contributed by atoms with E-state index >= 15 is 0 Å². The number of amides is 3. The molecule has 1 saturated heterocycles. The number of rotatable bonds is 9. The smallest absolute Gasteiger partial charge is 0.286 e. The van der Waals surface area contributed by atoms with Crippen molar-refractivity contribution >= 4 is 45.5 Å². The van der Waals surface area contributed by atoms with E-state index in [0.29, 0.717) is 40.7 Å². The van der Waals surface area contributed by atoms with Crippen LogP contribution in [-0.4, -0.2) is 32.3 Å². The molecule has 0 radical (unpaired) electrons. The number of benzene rings is 4. The van der Waals surface area contributed by atoms with Crippen molar-refractivity contribution in [3.05, 3.63) is 114 Å². The zero-order chi connectivity index (χ0) is 29.1. The van der Waals surface area contributed by atoms with Gasteiger partial charge in [-0.25, -0.2) is 4.98 Å². The quantitative estimate of drug-likeness (QED) is 0.179. The highest BCUT2D eigenvalue weighted by atomic mass is 32.2. The summed E-state index contributed by atoms with van der Waals surface area (Å²) in [4.78, 5) is 43.6. The van der Waals surface area contributed by atoms with Crippen LogP contribution in [0.1, 0.15) is 34.8 Å². The second kappa shape index (κ2) is 11.8. The Labute approximate surface area is 245 Å². The third-order valence-corrected chi connectivity index (χ3v) is 7.65. The molecule has 0 saturated carbocycles. The van der Waals surface area contributed by atoms with Gasteiger partial charge in [-0.05, 0) is 79.6 Å². The van der Waals surface area contributed by atoms with E-state index in [1.165, 1.54) is 0 Å². The number of thioether (sulfide) groups is 1. The molecule has 210 valence electrons. The van der Waals surface area contributed by atoms with Crippen LogP contribution < -0.4 is 20.1 Å². The van der Waals surface area contributed by atoms with Crippen molar-refractivity contribution < 1.29 is 23.9 Å². The average molecular weight is 579 g/mol. The predicted octanol–water partition coefficient (Wildman–Crippen LogP) is 6.64. The number of aromatic amines is 1. The largest absolute Gasteiger partial charge is 0.483 e. The number of nitrogens with one attached hydrogen (secondary N) is 3. The number of ether oxygens (including phenoxy) is 2. The Balaban J connectivity index is 1.06. The molecule has 10 heteroatoms. The van der Waals surface area contributed by atoms with Gasteiger partial charge in [0.15, 0.2) is 6.10 Å². The summed E-state index contributed by atoms with van der Waals surface area (Å²) in [5.74, 6) is 2.18. The third-order valence-electron chi connectivity index (χ3n) is 6.66. The van der Waals surface area contributed by atoms with E-state index in [4.69, 9.17) is 9.47 Å². The Bertz CT molecular complexity index is 1750. The number of hydrogen-bond donors (Lipinski definition) is 3. The maximum atomic E-state index is 12.4. The van der Waals surface area contributed by atoms with Gasteiger partial charge < -0.3 is 19.8 Å². The number of nitrogens with zero attached hydrogens (tertiary/aromatic N) is 1. The first-order valence-electron chi connectivity index (χ1n) is 13.3. The molecule has 2 unspecified atom stereocenters. The molecular weight excluding hydrogens is 552 g/mol. The van der Waals surface area contributed by atoms with E-state index in [2.05, 4.69) is 20.6 Å². The lowest BCUT2D eigenvalue weighted by Gasteiger charge is -2.13. The minimum atomic E-state index is -0.403. The lowest BCUT2D eigenvalue weighted by Crippen LogP contribution is -2.25. The van der Waals surface area contributed by atoms with Gasteiger partial charge in [0, 0.05) is 17.3 Å². The van der Waals surface area contributed by atoms with Gasteiger partial charge in [0.05, 0.1) is 16.3 Å². The van der Waals surface area contributed by atoms with E-state index in [-0.39, 0.29) is 23.2 Å². The number of aromatic nitrogens is 2. The molecule has 1 fully saturated rings. The van der Waals surface area contributed by atoms with E-state index in [9.17, 15) is 14.4 Å². The van der Waals surface area contributed by atoms with Gasteiger partial charge in [-0.2, -0.15) is 0 Å². The molecule has 0 aliphatic carbocycles. The average Bonchev–Trinajstić information content (AvgIpc) is 3.57. The minimum Gasteiger partial charge on any atom is -0.483 e. The normalized spacial score (nSPS) is 15.3. The summed E-state index contributed by atoms with van der Waals surface area (Å²) >= 11 is 1.02. The van der Waals surface area contributed by atoms with Crippen LogP contribution in [0.25, 0.3) is 11.0 Å². The minimum absolute atomic E-state index is 0.173. The summed E-state index contributed by atoms with van der Waals surface area (Å²) in [5.41, 5.74) is 3.80. The summed E-state index contributed by atoms with van der Waals surface area (Å²) in [6.45, 7) is 1.91. The second-order valence-corrected chi connectivity index (χ2v) is 10.9. The van der Waals surface area contributed by atoms with Gasteiger partial charge in [-0.1, -0.05) is 42.1 Å². The van der Waals surface area contributed by atoms with Crippen LogP contribution in [0, 0.1) is 0 Å². The highest BCUT2D eigenvalue weighted by molar-refractivity contribution is 8.15. The van der Waals surface area contributed by atoms with Gasteiger partial charge in [-0.15, -0.1) is 0 Å². The van der Waals surface area contributed by atoms with Crippen molar-refractivity contribution in [2.75, 3.05) is 5.32 Å². The van der Waals surface area contributed by atoms with Crippen molar-refractivity contribution in [1.82, 2.24) is 15.3 Å². The lowest BCUT2D eigenvalue weighted by atomic mass is 10.1. The number of imide groups is 1. The van der Waals surface area contributed by atoms with Gasteiger partial charge in [0.25, 0.3) is 11.1 Å². The Morgan fingerprint density at radius 1 is 0.929 bits per heavy atom. The Morgan fingerprint density at radius 2 is 1.64 bits per heavy atom. The number of H-pyrrole nitrogens is 1.